The van der Waals surface area contributed by atoms with Crippen LogP contribution in [0.15, 0.2) is 0 Å². The molecule has 0 aromatic rings. The quantitative estimate of drug-likeness (QED) is 0.575. The molecule has 19 heavy (non-hydrogen) atoms. The lowest BCUT2D eigenvalue weighted by atomic mass is 9.98. The lowest BCUT2D eigenvalue weighted by molar-refractivity contribution is 0.0883. The molecule has 6 atom stereocenters. The third kappa shape index (κ3) is 2.54. The summed E-state index contributed by atoms with van der Waals surface area (Å²) in [5, 5.41) is 8.35. The second-order valence-corrected chi connectivity index (χ2v) is 10.2. The van der Waals surface area contributed by atoms with Crippen LogP contribution in [0.5, 0.6) is 0 Å². The first kappa shape index (κ1) is 13.2. The Morgan fingerprint density at radius 2 is 1.26 bits per heavy atom. The van der Waals surface area contributed by atoms with Gasteiger partial charge in [0.05, 0.1) is 12.2 Å². The van der Waals surface area contributed by atoms with Gasteiger partial charge in [-0.1, -0.05) is 12.2 Å². The lowest BCUT2D eigenvalue weighted by Crippen LogP contribution is -2.22. The molecule has 4 bridgehead atoms. The molecule has 0 amide bonds. The summed E-state index contributed by atoms with van der Waals surface area (Å²) in [6, 6.07) is 0. The van der Waals surface area contributed by atoms with E-state index >= 15 is 0 Å². The Hall–Kier alpha value is 0.500. The molecule has 0 radical (unpaired) electrons. The van der Waals surface area contributed by atoms with E-state index in [2.05, 4.69) is 12.2 Å². The Labute approximate surface area is 121 Å². The minimum Gasteiger partial charge on any atom is -0.313 e. The number of rotatable bonds is 4. The van der Waals surface area contributed by atoms with Gasteiger partial charge in [-0.25, -0.2) is 0 Å². The van der Waals surface area contributed by atoms with Gasteiger partial charge in [-0.3, -0.25) is 5.16 Å². The molecule has 0 spiro atoms. The minimum absolute atomic E-state index is 0.265. The van der Waals surface area contributed by atoms with E-state index in [1.54, 1.807) is 0 Å². The molecule has 0 aromatic heterocycles. The summed E-state index contributed by atoms with van der Waals surface area (Å²) in [6.45, 7) is -2.66. The van der Waals surface area contributed by atoms with E-state index in [-0.39, 0.29) is 12.2 Å². The van der Waals surface area contributed by atoms with Crippen LogP contribution in [0, 0.1) is 28.8 Å². The monoisotopic (exact) mass is 301 g/mol. The van der Waals surface area contributed by atoms with Gasteiger partial charge in [0.2, 0.25) is 0 Å². The smallest absolute Gasteiger partial charge is 0.267 e. The van der Waals surface area contributed by atoms with Crippen LogP contribution >= 0.6 is 19.0 Å². The van der Waals surface area contributed by atoms with Crippen LogP contribution in [-0.4, -0.2) is 12.2 Å². The van der Waals surface area contributed by atoms with E-state index in [1.165, 1.54) is 38.5 Å². The maximum absolute atomic E-state index is 8.35. The van der Waals surface area contributed by atoms with Crippen molar-refractivity contribution in [3.05, 3.63) is 0 Å². The predicted molar refractivity (Wildman–Crippen MR) is 79.3 cm³/mol. The maximum atomic E-state index is 8.35. The molecule has 4 aliphatic rings. The van der Waals surface area contributed by atoms with Crippen LogP contribution < -0.4 is 0 Å². The van der Waals surface area contributed by atoms with Crippen LogP contribution in [0.1, 0.15) is 51.4 Å². The van der Waals surface area contributed by atoms with Crippen molar-refractivity contribution in [3.8, 4) is 0 Å². The van der Waals surface area contributed by atoms with Crippen LogP contribution in [0.2, 0.25) is 0 Å². The summed E-state index contributed by atoms with van der Waals surface area (Å²) in [6.07, 6.45) is 10.8. The third-order valence-electron chi connectivity index (χ3n) is 5.90. The highest BCUT2D eigenvalue weighted by Crippen LogP contribution is 2.62. The third-order valence-corrected chi connectivity index (χ3v) is 7.58. The minimum atomic E-state index is -2.66. The van der Waals surface area contributed by atoms with Gasteiger partial charge in [0.25, 0.3) is 6.71 Å². The van der Waals surface area contributed by atoms with Crippen molar-refractivity contribution in [1.82, 2.24) is 0 Å². The molecular formula is C14H24NO2PS. The van der Waals surface area contributed by atoms with Gasteiger partial charge in [-0.15, -0.1) is 0 Å². The fourth-order valence-electron chi connectivity index (χ4n) is 5.02. The Bertz CT molecular complexity index is 384. The van der Waals surface area contributed by atoms with Crippen LogP contribution in [0.4, 0.5) is 0 Å². The fraction of sp³-hybridized carbons (Fsp3) is 1.00. The number of hydrogen-bond acceptors (Lipinski definition) is 3. The Morgan fingerprint density at radius 1 is 0.789 bits per heavy atom. The van der Waals surface area contributed by atoms with Crippen molar-refractivity contribution in [1.29, 1.82) is 5.16 Å². The number of fused-ring (bicyclic) bond motifs is 4. The van der Waals surface area contributed by atoms with Gasteiger partial charge in [0.1, 0.15) is 0 Å². The van der Waals surface area contributed by atoms with Crippen LogP contribution in [0.3, 0.4) is 0 Å². The number of nitrogens with one attached hydrogen (secondary N) is 1. The molecule has 3 nitrogen and oxygen atoms in total. The Balaban J connectivity index is 1.36. The Morgan fingerprint density at radius 3 is 1.58 bits per heavy atom. The van der Waals surface area contributed by atoms with E-state index in [1.807, 2.05) is 0 Å². The second kappa shape index (κ2) is 4.76. The molecule has 4 fully saturated rings. The van der Waals surface area contributed by atoms with Gasteiger partial charge in [0.15, 0.2) is 0 Å². The topological polar surface area (TPSA) is 42.3 Å². The summed E-state index contributed by atoms with van der Waals surface area (Å²) in [4.78, 5) is 0. The van der Waals surface area contributed by atoms with Gasteiger partial charge in [-0.2, -0.15) is 0 Å². The molecule has 0 heterocycles. The van der Waals surface area contributed by atoms with E-state index in [4.69, 9.17) is 14.2 Å². The van der Waals surface area contributed by atoms with E-state index < -0.39 is 6.71 Å². The highest BCUT2D eigenvalue weighted by Gasteiger charge is 2.45. The van der Waals surface area contributed by atoms with E-state index in [0.717, 1.165) is 24.7 Å². The molecule has 0 aliphatic heterocycles. The molecule has 108 valence electrons. The first-order valence-electron chi connectivity index (χ1n) is 7.83. The molecule has 1 N–H and O–H groups in total. The van der Waals surface area contributed by atoms with Crippen molar-refractivity contribution in [2.24, 2.45) is 23.7 Å². The van der Waals surface area contributed by atoms with Gasteiger partial charge >= 0.3 is 0 Å². The summed E-state index contributed by atoms with van der Waals surface area (Å²) >= 11 is 4.46. The number of hydrogen-bond donors (Lipinski definition) is 2. The molecular weight excluding hydrogens is 277 g/mol. The van der Waals surface area contributed by atoms with Gasteiger partial charge < -0.3 is 9.05 Å². The summed E-state index contributed by atoms with van der Waals surface area (Å²) in [5.41, 5.74) is 0. The molecule has 4 rings (SSSR count). The molecule has 5 heteroatoms. The highest BCUT2D eigenvalue weighted by atomic mass is 32.7. The van der Waals surface area contributed by atoms with E-state index in [9.17, 15) is 0 Å². The largest absolute Gasteiger partial charge is 0.313 e. The van der Waals surface area contributed by atoms with Crippen molar-refractivity contribution in [3.63, 3.8) is 0 Å². The fourth-order valence-corrected chi connectivity index (χ4v) is 7.05. The van der Waals surface area contributed by atoms with Crippen molar-refractivity contribution >= 4 is 19.0 Å². The molecule has 4 saturated carbocycles. The summed E-state index contributed by atoms with van der Waals surface area (Å²) in [7, 11) is 0. The van der Waals surface area contributed by atoms with Crippen molar-refractivity contribution in [2.75, 3.05) is 0 Å². The average Bonchev–Trinajstić information content (AvgIpc) is 3.06. The van der Waals surface area contributed by atoms with E-state index in [0.29, 0.717) is 11.8 Å². The highest BCUT2D eigenvalue weighted by molar-refractivity contribution is 8.45. The summed E-state index contributed by atoms with van der Waals surface area (Å²) < 4.78 is 12.0. The predicted octanol–water partition coefficient (Wildman–Crippen LogP) is 4.85. The standard InChI is InChI=1S/C14H24NO2PS/c15-18(19,16-13-7-9-1-3-11(13)5-9)17-14-8-10-2-4-12(14)6-10/h9-14H,1-8H2,(H2,15,19). The first-order chi connectivity index (χ1) is 9.09. The summed E-state index contributed by atoms with van der Waals surface area (Å²) in [5.74, 6) is 3.08. The zero-order valence-corrected chi connectivity index (χ0v) is 13.1. The lowest BCUT2D eigenvalue weighted by Gasteiger charge is -2.31. The number of thiol groups is 1. The average molecular weight is 301 g/mol. The second-order valence-electron chi connectivity index (χ2n) is 7.16. The Kier molecular flexibility index (Phi) is 3.30. The molecule has 0 aromatic carbocycles. The van der Waals surface area contributed by atoms with Crippen LogP contribution in [-0.2, 0) is 9.05 Å². The molecule has 4 aliphatic carbocycles. The normalized spacial score (nSPS) is 50.8. The first-order valence-corrected chi connectivity index (χ1v) is 10.6. The van der Waals surface area contributed by atoms with Crippen LogP contribution in [0.25, 0.3) is 0 Å². The maximum Gasteiger partial charge on any atom is 0.267 e. The zero-order valence-electron chi connectivity index (χ0n) is 11.3. The molecule has 0 saturated heterocycles. The molecule has 6 unspecified atom stereocenters. The zero-order chi connectivity index (χ0) is 13.0. The SMILES string of the molecule is N=P(S)(OC1CC2CCC1C2)OC1CC2CCC1C2. The van der Waals surface area contributed by atoms with Crippen molar-refractivity contribution in [2.45, 2.75) is 63.6 Å². The van der Waals surface area contributed by atoms with Gasteiger partial charge in [0, 0.05) is 0 Å². The van der Waals surface area contributed by atoms with Gasteiger partial charge in [-0.05, 0) is 75.0 Å². The van der Waals surface area contributed by atoms with Crippen molar-refractivity contribution < 1.29 is 9.05 Å².